The van der Waals surface area contributed by atoms with E-state index in [-0.39, 0.29) is 18.5 Å². The number of nitrogens with one attached hydrogen (secondary N) is 2. The van der Waals surface area contributed by atoms with E-state index in [1.54, 1.807) is 6.07 Å². The first kappa shape index (κ1) is 19.5. The lowest BCUT2D eigenvalue weighted by molar-refractivity contribution is -0.116. The maximum absolute atomic E-state index is 12.7. The summed E-state index contributed by atoms with van der Waals surface area (Å²) in [4.78, 5) is 26.4. The molecule has 3 amide bonds. The fraction of sp³-hybridized carbons (Fsp3) is 0.421. The lowest BCUT2D eigenvalue weighted by Gasteiger charge is -2.24. The normalized spacial score (nSPS) is 10.7. The Morgan fingerprint density at radius 1 is 1.19 bits per heavy atom. The summed E-state index contributed by atoms with van der Waals surface area (Å²) < 4.78 is 4.69. The van der Waals surface area contributed by atoms with Gasteiger partial charge in [-0.1, -0.05) is 36.7 Å². The van der Waals surface area contributed by atoms with Crippen LogP contribution in [0.5, 0.6) is 0 Å². The van der Waals surface area contributed by atoms with Crippen molar-refractivity contribution in [3.8, 4) is 0 Å². The van der Waals surface area contributed by atoms with Crippen molar-refractivity contribution < 1.29 is 14.1 Å². The minimum absolute atomic E-state index is 0.0592. The Kier molecular flexibility index (Phi) is 6.77. The average Bonchev–Trinajstić information content (AvgIpc) is 3.06. The van der Waals surface area contributed by atoms with Crippen molar-refractivity contribution in [3.63, 3.8) is 0 Å². The van der Waals surface area contributed by atoms with Gasteiger partial charge in [0, 0.05) is 18.3 Å². The zero-order chi connectivity index (χ0) is 19.1. The smallest absolute Gasteiger partial charge is 0.322 e. The Morgan fingerprint density at radius 3 is 2.58 bits per heavy atom. The van der Waals surface area contributed by atoms with Crippen molar-refractivity contribution >= 4 is 23.4 Å². The molecule has 0 unspecified atom stereocenters. The number of aromatic nitrogens is 1. The number of benzene rings is 1. The number of hydrogen-bond donors (Lipinski definition) is 2. The van der Waals surface area contributed by atoms with Crippen molar-refractivity contribution in [1.82, 2.24) is 10.1 Å². The van der Waals surface area contributed by atoms with Crippen molar-refractivity contribution in [2.24, 2.45) is 5.92 Å². The molecule has 0 aliphatic heterocycles. The third-order valence-corrected chi connectivity index (χ3v) is 3.93. The van der Waals surface area contributed by atoms with Crippen LogP contribution in [0.4, 0.5) is 16.3 Å². The summed E-state index contributed by atoms with van der Waals surface area (Å²) in [6, 6.07) is 7.07. The average molecular weight is 358 g/mol. The third-order valence-electron chi connectivity index (χ3n) is 3.93. The molecule has 2 N–H and O–H groups in total. The van der Waals surface area contributed by atoms with Gasteiger partial charge in [-0.25, -0.2) is 4.79 Å². The number of anilines is 2. The first-order valence-corrected chi connectivity index (χ1v) is 8.68. The maximum Gasteiger partial charge on any atom is 0.322 e. The zero-order valence-electron chi connectivity index (χ0n) is 15.7. The van der Waals surface area contributed by atoms with Gasteiger partial charge in [-0.15, -0.1) is 0 Å². The van der Waals surface area contributed by atoms with Gasteiger partial charge in [0.25, 0.3) is 0 Å². The number of carbonyl (C=O) groups excluding carboxylic acids is 2. The number of rotatable bonds is 7. The highest BCUT2D eigenvalue weighted by molar-refractivity contribution is 5.96. The highest BCUT2D eigenvalue weighted by atomic mass is 16.5. The van der Waals surface area contributed by atoms with E-state index >= 15 is 0 Å². The first-order chi connectivity index (χ1) is 12.3. The molecule has 1 aromatic heterocycles. The lowest BCUT2D eigenvalue weighted by Crippen LogP contribution is -2.41. The number of carbonyl (C=O) groups is 2. The van der Waals surface area contributed by atoms with Gasteiger partial charge in [-0.3, -0.25) is 4.79 Å². The molecule has 2 aromatic rings. The summed E-state index contributed by atoms with van der Waals surface area (Å²) in [7, 11) is 0. The van der Waals surface area contributed by atoms with Crippen LogP contribution in [-0.2, 0) is 4.79 Å². The number of hydrogen-bond acceptors (Lipinski definition) is 4. The van der Waals surface area contributed by atoms with Gasteiger partial charge in [0.2, 0.25) is 5.91 Å². The molecule has 0 spiro atoms. The number of nitrogens with zero attached hydrogens (tertiary/aromatic N) is 2. The van der Waals surface area contributed by atoms with E-state index in [0.29, 0.717) is 18.3 Å². The van der Waals surface area contributed by atoms with E-state index in [4.69, 9.17) is 4.52 Å². The second-order valence-electron chi connectivity index (χ2n) is 6.79. The molecule has 1 aromatic carbocycles. The van der Waals surface area contributed by atoms with E-state index in [9.17, 15) is 9.59 Å². The molecule has 26 heavy (non-hydrogen) atoms. The van der Waals surface area contributed by atoms with Crippen LogP contribution < -0.4 is 10.6 Å². The Labute approximate surface area is 153 Å². The predicted octanol–water partition coefficient (Wildman–Crippen LogP) is 3.81. The van der Waals surface area contributed by atoms with Crippen LogP contribution in [0.2, 0.25) is 0 Å². The molecule has 1 heterocycles. The van der Waals surface area contributed by atoms with E-state index in [1.807, 2.05) is 32.0 Å². The molecule has 0 saturated carbocycles. The van der Waals surface area contributed by atoms with Crippen LogP contribution in [0.25, 0.3) is 0 Å². The summed E-state index contributed by atoms with van der Waals surface area (Å²) in [6.07, 6.45) is 2.18. The molecule has 0 bridgehead atoms. The second-order valence-corrected chi connectivity index (χ2v) is 6.79. The standard InChI is InChI=1S/C19H26N4O3/c1-13(2)7-9-23(12-18(24)21-17-8-10-26-22-17)19(25)20-16-6-5-14(3)11-15(16)4/h5-6,8,10-11,13H,7,9,12H2,1-4H3,(H,20,25)(H,21,22,24). The maximum atomic E-state index is 12.7. The number of urea groups is 1. The summed E-state index contributed by atoms with van der Waals surface area (Å²) >= 11 is 0. The van der Waals surface area contributed by atoms with Gasteiger partial charge >= 0.3 is 6.03 Å². The molecule has 0 saturated heterocycles. The quantitative estimate of drug-likeness (QED) is 0.788. The minimum Gasteiger partial charge on any atom is -0.363 e. The van der Waals surface area contributed by atoms with Gasteiger partial charge in [-0.05, 0) is 37.8 Å². The van der Waals surface area contributed by atoms with Crippen molar-refractivity contribution in [2.45, 2.75) is 34.1 Å². The molecule has 140 valence electrons. The molecule has 7 heteroatoms. The van der Waals surface area contributed by atoms with Gasteiger partial charge in [-0.2, -0.15) is 0 Å². The second kappa shape index (κ2) is 9.03. The molecule has 7 nitrogen and oxygen atoms in total. The largest absolute Gasteiger partial charge is 0.363 e. The van der Waals surface area contributed by atoms with E-state index in [2.05, 4.69) is 29.6 Å². The topological polar surface area (TPSA) is 87.5 Å². The Bertz CT molecular complexity index is 741. The molecule has 2 rings (SSSR count). The molecule has 0 aliphatic carbocycles. The van der Waals surface area contributed by atoms with Crippen molar-refractivity contribution in [2.75, 3.05) is 23.7 Å². The van der Waals surface area contributed by atoms with Gasteiger partial charge < -0.3 is 20.1 Å². The summed E-state index contributed by atoms with van der Waals surface area (Å²) in [6.45, 7) is 8.53. The highest BCUT2D eigenvalue weighted by Gasteiger charge is 2.19. The highest BCUT2D eigenvalue weighted by Crippen LogP contribution is 2.17. The fourth-order valence-electron chi connectivity index (χ4n) is 2.45. The van der Waals surface area contributed by atoms with Crippen LogP contribution in [-0.4, -0.2) is 35.1 Å². The van der Waals surface area contributed by atoms with Gasteiger partial charge in [0.1, 0.15) is 12.8 Å². The number of amides is 3. The molecule has 0 fully saturated rings. The third kappa shape index (κ3) is 5.91. The van der Waals surface area contributed by atoms with Crippen molar-refractivity contribution in [3.05, 3.63) is 41.7 Å². The summed E-state index contributed by atoms with van der Waals surface area (Å²) in [5.41, 5.74) is 2.85. The lowest BCUT2D eigenvalue weighted by atomic mass is 10.1. The molecular weight excluding hydrogens is 332 g/mol. The molecule has 0 radical (unpaired) electrons. The zero-order valence-corrected chi connectivity index (χ0v) is 15.7. The number of aryl methyl sites for hydroxylation is 2. The van der Waals surface area contributed by atoms with Crippen LogP contribution >= 0.6 is 0 Å². The summed E-state index contributed by atoms with van der Waals surface area (Å²) in [5, 5.41) is 9.15. The Morgan fingerprint density at radius 2 is 1.96 bits per heavy atom. The SMILES string of the molecule is Cc1ccc(NC(=O)N(CCC(C)C)CC(=O)Nc2ccon2)c(C)c1. The van der Waals surface area contributed by atoms with Crippen LogP contribution in [0, 0.1) is 19.8 Å². The van der Waals surface area contributed by atoms with Crippen LogP contribution in [0.1, 0.15) is 31.4 Å². The van der Waals surface area contributed by atoms with Gasteiger partial charge in [0.05, 0.1) is 0 Å². The van der Waals surface area contributed by atoms with E-state index in [0.717, 1.165) is 23.2 Å². The first-order valence-electron chi connectivity index (χ1n) is 8.68. The Balaban J connectivity index is 2.04. The Hall–Kier alpha value is -2.83. The van der Waals surface area contributed by atoms with Crippen LogP contribution in [0.3, 0.4) is 0 Å². The monoisotopic (exact) mass is 358 g/mol. The molecule has 0 atom stereocenters. The van der Waals surface area contributed by atoms with Crippen LogP contribution in [0.15, 0.2) is 35.1 Å². The summed E-state index contributed by atoms with van der Waals surface area (Å²) in [5.74, 6) is 0.428. The fourth-order valence-corrected chi connectivity index (χ4v) is 2.45. The molecule has 0 aliphatic rings. The predicted molar refractivity (Wildman–Crippen MR) is 101 cm³/mol. The van der Waals surface area contributed by atoms with Crippen molar-refractivity contribution in [1.29, 1.82) is 0 Å². The van der Waals surface area contributed by atoms with Gasteiger partial charge in [0.15, 0.2) is 5.82 Å². The van der Waals surface area contributed by atoms with E-state index in [1.165, 1.54) is 11.2 Å². The molecular formula is C19H26N4O3. The minimum atomic E-state index is -0.321. The van der Waals surface area contributed by atoms with E-state index < -0.39 is 0 Å².